The number of aliphatic hydroxyl groups excluding tert-OH is 5. The van der Waals surface area contributed by atoms with Gasteiger partial charge in [0.15, 0.2) is 0 Å². The second-order valence-corrected chi connectivity index (χ2v) is 9.22. The van der Waals surface area contributed by atoms with Gasteiger partial charge >= 0.3 is 17.9 Å². The van der Waals surface area contributed by atoms with Gasteiger partial charge in [0.2, 0.25) is 0 Å². The molecule has 5 N–H and O–H groups in total. The normalized spacial score (nSPS) is 19.0. The van der Waals surface area contributed by atoms with E-state index in [1.807, 2.05) is 0 Å². The van der Waals surface area contributed by atoms with Crippen molar-refractivity contribution >= 4 is 17.9 Å². The Hall–Kier alpha value is -2.77. The van der Waals surface area contributed by atoms with E-state index in [1.54, 1.807) is 0 Å². The summed E-state index contributed by atoms with van der Waals surface area (Å²) in [4.78, 5) is 33.6. The van der Waals surface area contributed by atoms with E-state index < -0.39 is 87.1 Å². The molecule has 0 aromatic rings. The Balaban J connectivity index is 2.86. The second kappa shape index (κ2) is 21.8. The highest BCUT2D eigenvalue weighted by Crippen LogP contribution is 2.18. The minimum atomic E-state index is -1.72. The summed E-state index contributed by atoms with van der Waals surface area (Å²) in [5.41, 5.74) is 0. The predicted octanol–water partition coefficient (Wildman–Crippen LogP) is -2.82. The van der Waals surface area contributed by atoms with E-state index in [4.69, 9.17) is 37.9 Å². The van der Waals surface area contributed by atoms with Crippen LogP contribution >= 0.6 is 0 Å². The molecule has 246 valence electrons. The van der Waals surface area contributed by atoms with E-state index in [2.05, 4.69) is 19.7 Å². The largest absolute Gasteiger partial charge is 0.460 e. The molecule has 1 rings (SSSR count). The molecule has 16 heteroatoms. The summed E-state index contributed by atoms with van der Waals surface area (Å²) >= 11 is 0. The van der Waals surface area contributed by atoms with Gasteiger partial charge in [0.1, 0.15) is 68.7 Å². The lowest BCUT2D eigenvalue weighted by Gasteiger charge is -2.33. The SMILES string of the molecule is C=CC(=O)OCC(O)COCC(O)C(O)C(OCC(O)COC(=O)C=C)C(COCC(O)COC(=O)C=C)OCC1CO1. The topological polar surface area (TPSA) is 229 Å². The molecule has 8 unspecified atom stereocenters. The Morgan fingerprint density at radius 1 is 0.674 bits per heavy atom. The van der Waals surface area contributed by atoms with E-state index >= 15 is 0 Å². The number of hydrogen-bond donors (Lipinski definition) is 5. The molecule has 1 fully saturated rings. The first-order valence-electron chi connectivity index (χ1n) is 13.3. The molecule has 1 heterocycles. The summed E-state index contributed by atoms with van der Waals surface area (Å²) in [6.07, 6.45) is -7.06. The standard InChI is InChI=1S/C27H42O16/c1-4-23(32)40-9-17(28)7-36-15-21(31)26(35)27(43-12-19(30)11-42-25(34)6-3)22(39-14-20-13-38-20)16-37-8-18(29)10-41-24(33)5-2/h4-6,17-22,26-31,35H,1-3,7-16H2. The van der Waals surface area contributed by atoms with E-state index in [0.29, 0.717) is 6.61 Å². The minimum absolute atomic E-state index is 0.0574. The molecule has 0 spiro atoms. The molecule has 0 amide bonds. The fourth-order valence-electron chi connectivity index (χ4n) is 3.10. The van der Waals surface area contributed by atoms with Gasteiger partial charge in [-0.1, -0.05) is 19.7 Å². The highest BCUT2D eigenvalue weighted by Gasteiger charge is 2.37. The van der Waals surface area contributed by atoms with E-state index in [0.717, 1.165) is 18.2 Å². The predicted molar refractivity (Wildman–Crippen MR) is 144 cm³/mol. The molecule has 0 radical (unpaired) electrons. The van der Waals surface area contributed by atoms with E-state index in [1.165, 1.54) is 0 Å². The van der Waals surface area contributed by atoms with Gasteiger partial charge in [0.05, 0.1) is 46.2 Å². The number of esters is 3. The van der Waals surface area contributed by atoms with Crippen LogP contribution < -0.4 is 0 Å². The van der Waals surface area contributed by atoms with Crippen molar-refractivity contribution in [3.05, 3.63) is 38.0 Å². The first-order chi connectivity index (χ1) is 20.5. The summed E-state index contributed by atoms with van der Waals surface area (Å²) in [5, 5.41) is 51.7. The van der Waals surface area contributed by atoms with Crippen molar-refractivity contribution in [3.8, 4) is 0 Å². The third-order valence-corrected chi connectivity index (χ3v) is 5.42. The average Bonchev–Trinajstić information content (AvgIpc) is 3.83. The van der Waals surface area contributed by atoms with Gasteiger partial charge in [0.25, 0.3) is 0 Å². The van der Waals surface area contributed by atoms with Crippen LogP contribution in [0.4, 0.5) is 0 Å². The summed E-state index contributed by atoms with van der Waals surface area (Å²) in [7, 11) is 0. The van der Waals surface area contributed by atoms with Crippen LogP contribution in [0.3, 0.4) is 0 Å². The summed E-state index contributed by atoms with van der Waals surface area (Å²) in [6, 6.07) is 0. The number of epoxide rings is 1. The van der Waals surface area contributed by atoms with Crippen molar-refractivity contribution in [2.45, 2.75) is 48.8 Å². The fraction of sp³-hybridized carbons (Fsp3) is 0.667. The van der Waals surface area contributed by atoms with Crippen molar-refractivity contribution < 1.29 is 77.8 Å². The quantitative estimate of drug-likeness (QED) is 0.0283. The monoisotopic (exact) mass is 622 g/mol. The Labute approximate surface area is 249 Å². The Bertz CT molecular complexity index is 862. The Kier molecular flexibility index (Phi) is 19.4. The van der Waals surface area contributed by atoms with Crippen molar-refractivity contribution in [2.75, 3.05) is 66.1 Å². The molecule has 43 heavy (non-hydrogen) atoms. The number of ether oxygens (including phenoxy) is 8. The zero-order valence-electron chi connectivity index (χ0n) is 23.8. The van der Waals surface area contributed by atoms with E-state index in [-0.39, 0.29) is 39.1 Å². The van der Waals surface area contributed by atoms with Crippen molar-refractivity contribution in [3.63, 3.8) is 0 Å². The minimum Gasteiger partial charge on any atom is -0.460 e. The van der Waals surface area contributed by atoms with Gasteiger partial charge < -0.3 is 63.4 Å². The summed E-state index contributed by atoms with van der Waals surface area (Å²) in [6.45, 7) is 7.05. The lowest BCUT2D eigenvalue weighted by atomic mass is 10.0. The van der Waals surface area contributed by atoms with Gasteiger partial charge in [0, 0.05) is 18.2 Å². The van der Waals surface area contributed by atoms with Crippen LogP contribution in [-0.4, -0.2) is 158 Å². The molecule has 1 aliphatic rings. The maximum Gasteiger partial charge on any atom is 0.330 e. The Morgan fingerprint density at radius 2 is 1.12 bits per heavy atom. The van der Waals surface area contributed by atoms with E-state index in [9.17, 15) is 39.9 Å². The molecule has 16 nitrogen and oxygen atoms in total. The van der Waals surface area contributed by atoms with Crippen LogP contribution in [0.1, 0.15) is 0 Å². The number of aliphatic hydroxyl groups is 5. The molecule has 0 saturated carbocycles. The van der Waals surface area contributed by atoms with Crippen LogP contribution in [0.2, 0.25) is 0 Å². The van der Waals surface area contributed by atoms with Crippen LogP contribution in [0.5, 0.6) is 0 Å². The van der Waals surface area contributed by atoms with Crippen LogP contribution in [-0.2, 0) is 52.3 Å². The third-order valence-electron chi connectivity index (χ3n) is 5.42. The second-order valence-electron chi connectivity index (χ2n) is 9.22. The molecule has 1 saturated heterocycles. The molecule has 1 aliphatic heterocycles. The zero-order valence-corrected chi connectivity index (χ0v) is 23.8. The maximum atomic E-state index is 11.3. The number of hydrogen-bond acceptors (Lipinski definition) is 16. The third kappa shape index (κ3) is 17.8. The van der Waals surface area contributed by atoms with Crippen LogP contribution in [0.25, 0.3) is 0 Å². The van der Waals surface area contributed by atoms with Crippen LogP contribution in [0.15, 0.2) is 38.0 Å². The summed E-state index contributed by atoms with van der Waals surface area (Å²) in [5.74, 6) is -2.26. The van der Waals surface area contributed by atoms with Crippen molar-refractivity contribution in [1.29, 1.82) is 0 Å². The van der Waals surface area contributed by atoms with Crippen molar-refractivity contribution in [2.24, 2.45) is 0 Å². The van der Waals surface area contributed by atoms with Gasteiger partial charge in [-0.15, -0.1) is 0 Å². The molecule has 8 atom stereocenters. The fourth-order valence-corrected chi connectivity index (χ4v) is 3.10. The van der Waals surface area contributed by atoms with Gasteiger partial charge in [-0.3, -0.25) is 0 Å². The van der Waals surface area contributed by atoms with Gasteiger partial charge in [-0.25, -0.2) is 14.4 Å². The highest BCUT2D eigenvalue weighted by molar-refractivity contribution is 5.81. The smallest absolute Gasteiger partial charge is 0.330 e. The lowest BCUT2D eigenvalue weighted by molar-refractivity contribution is -0.185. The number of carbonyl (C=O) groups excluding carboxylic acids is 3. The molecular weight excluding hydrogens is 580 g/mol. The van der Waals surface area contributed by atoms with Crippen LogP contribution in [0, 0.1) is 0 Å². The highest BCUT2D eigenvalue weighted by atomic mass is 16.6. The molecule has 0 aromatic carbocycles. The lowest BCUT2D eigenvalue weighted by Crippen LogP contribution is -2.51. The van der Waals surface area contributed by atoms with Crippen molar-refractivity contribution in [1.82, 2.24) is 0 Å². The molecule has 0 aliphatic carbocycles. The first-order valence-corrected chi connectivity index (χ1v) is 13.3. The molecule has 0 aromatic heterocycles. The number of carbonyl (C=O) groups is 3. The number of rotatable bonds is 26. The first kappa shape index (κ1) is 38.3. The average molecular weight is 623 g/mol. The summed E-state index contributed by atoms with van der Waals surface area (Å²) < 4.78 is 41.6. The van der Waals surface area contributed by atoms with Gasteiger partial charge in [-0.05, 0) is 0 Å². The van der Waals surface area contributed by atoms with Gasteiger partial charge in [-0.2, -0.15) is 0 Å². The molecular formula is C27H42O16. The maximum absolute atomic E-state index is 11.3. The zero-order chi connectivity index (χ0) is 32.2. The molecule has 0 bridgehead atoms. The Morgan fingerprint density at radius 3 is 1.56 bits per heavy atom.